The average molecular weight is 706 g/mol. The molecule has 0 amide bonds. The minimum atomic E-state index is 0.227. The Morgan fingerprint density at radius 1 is 0.533 bits per heavy atom. The first-order valence-corrected chi connectivity index (χ1v) is 19.7. The molecule has 214 valence electrons. The van der Waals surface area contributed by atoms with Gasteiger partial charge in [0.1, 0.15) is 0 Å². The third kappa shape index (κ3) is 3.43. The first-order chi connectivity index (χ1) is 22.3. The molecule has 0 unspecified atom stereocenters. The van der Waals surface area contributed by atoms with Gasteiger partial charge in [-0.05, 0) is 0 Å². The fourth-order valence-corrected chi connectivity index (χ4v) is 14.4. The molecule has 0 atom stereocenters. The molecule has 2 aliphatic heterocycles. The van der Waals surface area contributed by atoms with Gasteiger partial charge in [0.2, 0.25) is 0 Å². The quantitative estimate of drug-likeness (QED) is 0.245. The number of fused-ring (bicyclic) bond motifs is 10. The molecular weight excluding hydrogens is 677 g/mol. The Labute approximate surface area is 275 Å². The van der Waals surface area contributed by atoms with Gasteiger partial charge in [-0.15, -0.1) is 0 Å². The first-order valence-electron chi connectivity index (χ1n) is 16.3. The van der Waals surface area contributed by atoms with Crippen molar-refractivity contribution in [2.24, 2.45) is 0 Å². The maximum absolute atomic E-state index is 2.71. The van der Waals surface area contributed by atoms with Crippen molar-refractivity contribution >= 4 is 92.7 Å². The van der Waals surface area contributed by atoms with Gasteiger partial charge >= 0.3 is 277 Å². The van der Waals surface area contributed by atoms with Crippen LogP contribution in [0.15, 0.2) is 103 Å². The monoisotopic (exact) mass is 708 g/mol. The van der Waals surface area contributed by atoms with E-state index in [2.05, 4.69) is 112 Å². The van der Waals surface area contributed by atoms with Gasteiger partial charge in [-0.2, -0.15) is 0 Å². The number of aromatic nitrogens is 2. The summed E-state index contributed by atoms with van der Waals surface area (Å²) in [4.78, 5) is 0. The molecule has 2 aromatic heterocycles. The summed E-state index contributed by atoms with van der Waals surface area (Å²) in [5, 5.41) is 2.90. The summed E-state index contributed by atoms with van der Waals surface area (Å²) in [7, 11) is 0. The maximum atomic E-state index is 2.71. The molecule has 4 aliphatic rings. The molecule has 0 bridgehead atoms. The Hall–Kier alpha value is -3.72. The zero-order valence-corrected chi connectivity index (χ0v) is 28.3. The number of para-hydroxylation sites is 2. The third-order valence-corrected chi connectivity index (χ3v) is 15.7. The molecule has 7 aromatic rings. The van der Waals surface area contributed by atoms with Crippen LogP contribution in [0.4, 0.5) is 0 Å². The SMILES string of the molecule is c1ccc2c(c1)[Se]c1cccc3c1B2c1cc(-n2c4c(c5ccccc52)CCC4)cc(-n2c4c(c5ccccc52)CCC4)c1[Se]3. The standard InChI is InChI=1S/C40H29BN2Se2/c1-4-15-31-25(10-1)27-12-7-17-32(27)42(31)24-22-30-40(35(23-24)43-33-16-5-2-11-26(33)28-13-8-18-34(28)43)45-38-21-9-20-37-39(38)41(30)29-14-3-6-19-36(29)44-37/h1-6,9-11,14-16,19-23H,7-8,12-13,17-18H2. The van der Waals surface area contributed by atoms with E-state index in [4.69, 9.17) is 0 Å². The van der Waals surface area contributed by atoms with Crippen LogP contribution in [-0.2, 0) is 25.7 Å². The second-order valence-corrected chi connectivity index (χ2v) is 17.5. The molecule has 0 N–H and O–H groups in total. The summed E-state index contributed by atoms with van der Waals surface area (Å²) < 4.78 is 11.7. The number of nitrogens with zero attached hydrogens (tertiary/aromatic N) is 2. The molecule has 0 fully saturated rings. The summed E-state index contributed by atoms with van der Waals surface area (Å²) in [6.07, 6.45) is 7.20. The first kappa shape index (κ1) is 25.5. The van der Waals surface area contributed by atoms with E-state index in [0.29, 0.717) is 15.0 Å². The van der Waals surface area contributed by atoms with Gasteiger partial charge in [-0.3, -0.25) is 0 Å². The van der Waals surface area contributed by atoms with Crippen LogP contribution >= 0.6 is 0 Å². The summed E-state index contributed by atoms with van der Waals surface area (Å²) in [6.45, 7) is 0.289. The molecule has 5 aromatic carbocycles. The Kier molecular flexibility index (Phi) is 5.33. The van der Waals surface area contributed by atoms with Gasteiger partial charge in [-0.25, -0.2) is 0 Å². The van der Waals surface area contributed by atoms with Gasteiger partial charge in [0.05, 0.1) is 0 Å². The topological polar surface area (TPSA) is 9.86 Å². The van der Waals surface area contributed by atoms with E-state index < -0.39 is 0 Å². The summed E-state index contributed by atoms with van der Waals surface area (Å²) in [5.41, 5.74) is 16.4. The van der Waals surface area contributed by atoms with Gasteiger partial charge < -0.3 is 0 Å². The van der Waals surface area contributed by atoms with Crippen LogP contribution in [0, 0.1) is 0 Å². The molecule has 11 rings (SSSR count). The van der Waals surface area contributed by atoms with E-state index in [-0.39, 0.29) is 21.7 Å². The van der Waals surface area contributed by atoms with Gasteiger partial charge in [0.15, 0.2) is 0 Å². The van der Waals surface area contributed by atoms with Crippen molar-refractivity contribution in [1.29, 1.82) is 0 Å². The average Bonchev–Trinajstić information content (AvgIpc) is 3.86. The van der Waals surface area contributed by atoms with Gasteiger partial charge in [-0.1, -0.05) is 0 Å². The van der Waals surface area contributed by atoms with Crippen LogP contribution in [0.1, 0.15) is 35.4 Å². The minimum absolute atomic E-state index is 0.227. The zero-order valence-electron chi connectivity index (χ0n) is 24.8. The number of aryl methyl sites for hydroxylation is 2. The van der Waals surface area contributed by atoms with Crippen molar-refractivity contribution in [3.63, 3.8) is 0 Å². The van der Waals surface area contributed by atoms with Crippen molar-refractivity contribution in [2.75, 3.05) is 0 Å². The van der Waals surface area contributed by atoms with Crippen LogP contribution in [0.5, 0.6) is 0 Å². The van der Waals surface area contributed by atoms with Crippen LogP contribution < -0.4 is 34.2 Å². The summed E-state index contributed by atoms with van der Waals surface area (Å²) in [5.74, 6) is 0. The zero-order chi connectivity index (χ0) is 29.2. The molecule has 4 heterocycles. The third-order valence-electron chi connectivity index (χ3n) is 10.7. The van der Waals surface area contributed by atoms with Crippen LogP contribution in [0.25, 0.3) is 33.2 Å². The predicted molar refractivity (Wildman–Crippen MR) is 192 cm³/mol. The summed E-state index contributed by atoms with van der Waals surface area (Å²) >= 11 is 0.576. The fourth-order valence-electron chi connectivity index (χ4n) is 8.98. The number of hydrogen-bond donors (Lipinski definition) is 0. The van der Waals surface area contributed by atoms with Crippen LogP contribution in [0.2, 0.25) is 0 Å². The Morgan fingerprint density at radius 3 is 1.93 bits per heavy atom. The van der Waals surface area contributed by atoms with E-state index in [0.717, 1.165) is 12.8 Å². The molecule has 2 aliphatic carbocycles. The Balaban J connectivity index is 1.29. The van der Waals surface area contributed by atoms with Crippen molar-refractivity contribution < 1.29 is 0 Å². The van der Waals surface area contributed by atoms with Crippen LogP contribution in [-0.4, -0.2) is 45.8 Å². The number of rotatable bonds is 2. The predicted octanol–water partition coefficient (Wildman–Crippen LogP) is 3.00. The Bertz CT molecular complexity index is 2410. The van der Waals surface area contributed by atoms with Crippen molar-refractivity contribution in [3.8, 4) is 11.4 Å². The molecule has 0 saturated heterocycles. The van der Waals surface area contributed by atoms with Gasteiger partial charge in [0, 0.05) is 0 Å². The second-order valence-electron chi connectivity index (χ2n) is 13.0. The normalized spacial score (nSPS) is 15.7. The van der Waals surface area contributed by atoms with Crippen molar-refractivity contribution in [1.82, 2.24) is 9.13 Å². The molecule has 45 heavy (non-hydrogen) atoms. The van der Waals surface area contributed by atoms with Crippen LogP contribution in [0.3, 0.4) is 0 Å². The second kappa shape index (κ2) is 9.41. The number of hydrogen-bond acceptors (Lipinski definition) is 0. The van der Waals surface area contributed by atoms with Gasteiger partial charge in [0.25, 0.3) is 0 Å². The van der Waals surface area contributed by atoms with E-state index in [1.807, 2.05) is 0 Å². The molecule has 0 spiro atoms. The summed E-state index contributed by atoms with van der Waals surface area (Å²) in [6, 6.07) is 40.1. The van der Waals surface area contributed by atoms with E-state index in [9.17, 15) is 0 Å². The number of benzene rings is 5. The molecule has 0 saturated carbocycles. The molecular formula is C40H29BN2Se2. The van der Waals surface area contributed by atoms with Crippen molar-refractivity contribution in [3.05, 3.63) is 126 Å². The molecule has 5 heteroatoms. The molecule has 0 radical (unpaired) electrons. The Morgan fingerprint density at radius 2 is 1.16 bits per heavy atom. The van der Waals surface area contributed by atoms with E-state index >= 15 is 0 Å². The van der Waals surface area contributed by atoms with E-state index in [1.165, 1.54) is 70.0 Å². The van der Waals surface area contributed by atoms with E-state index in [1.54, 1.807) is 45.6 Å². The fraction of sp³-hybridized carbons (Fsp3) is 0.150. The van der Waals surface area contributed by atoms with Crippen molar-refractivity contribution in [2.45, 2.75) is 38.5 Å². The molecule has 2 nitrogen and oxygen atoms in total.